The van der Waals surface area contributed by atoms with E-state index in [0.717, 1.165) is 13.1 Å². The van der Waals surface area contributed by atoms with Gasteiger partial charge in [0.2, 0.25) is 0 Å². The van der Waals surface area contributed by atoms with E-state index in [9.17, 15) is 9.18 Å². The molecule has 100 valence electrons. The van der Waals surface area contributed by atoms with Gasteiger partial charge < -0.3 is 15.0 Å². The first-order chi connectivity index (χ1) is 9.22. The van der Waals surface area contributed by atoms with Crippen molar-refractivity contribution in [2.24, 2.45) is 0 Å². The number of anilines is 2. The highest BCUT2D eigenvalue weighted by atomic mass is 19.1. The Labute approximate surface area is 109 Å². The summed E-state index contributed by atoms with van der Waals surface area (Å²) < 4.78 is 19.0. The number of cyclic esters (lactones) is 1. The second-order valence-electron chi connectivity index (χ2n) is 5.19. The van der Waals surface area contributed by atoms with Gasteiger partial charge in [0.25, 0.3) is 0 Å². The molecular formula is C13H14FN3O2. The number of fused-ring (bicyclic) bond motifs is 1. The van der Waals surface area contributed by atoms with E-state index in [1.54, 1.807) is 12.1 Å². The average Bonchev–Trinajstić information content (AvgIpc) is 2.82. The monoisotopic (exact) mass is 263 g/mol. The zero-order valence-electron chi connectivity index (χ0n) is 10.3. The molecular weight excluding hydrogens is 249 g/mol. The summed E-state index contributed by atoms with van der Waals surface area (Å²) in [7, 11) is 0. The van der Waals surface area contributed by atoms with Gasteiger partial charge in [0, 0.05) is 25.2 Å². The SMILES string of the molecule is O=C1OCCN1c1ccc(N2CC3N[C@H]3C2)c(F)c1. The Morgan fingerprint density at radius 1 is 1.32 bits per heavy atom. The number of amides is 1. The molecule has 2 atom stereocenters. The van der Waals surface area contributed by atoms with Gasteiger partial charge in [-0.25, -0.2) is 9.18 Å². The number of carbonyl (C=O) groups is 1. The van der Waals surface area contributed by atoms with Gasteiger partial charge in [0.05, 0.1) is 17.9 Å². The quantitative estimate of drug-likeness (QED) is 0.807. The molecule has 5 nitrogen and oxygen atoms in total. The Hall–Kier alpha value is -1.82. The number of benzene rings is 1. The lowest BCUT2D eigenvalue weighted by molar-refractivity contribution is 0.181. The summed E-state index contributed by atoms with van der Waals surface area (Å²) in [5.41, 5.74) is 1.18. The van der Waals surface area contributed by atoms with Crippen molar-refractivity contribution in [1.82, 2.24) is 5.32 Å². The lowest BCUT2D eigenvalue weighted by atomic mass is 10.2. The zero-order valence-corrected chi connectivity index (χ0v) is 10.3. The molecule has 6 heteroatoms. The van der Waals surface area contributed by atoms with Crippen LogP contribution in [0.2, 0.25) is 0 Å². The second-order valence-corrected chi connectivity index (χ2v) is 5.19. The van der Waals surface area contributed by atoms with Crippen LogP contribution in [0, 0.1) is 5.82 Å². The van der Waals surface area contributed by atoms with E-state index in [-0.39, 0.29) is 5.82 Å². The fraction of sp³-hybridized carbons (Fsp3) is 0.462. The molecule has 3 saturated heterocycles. The van der Waals surface area contributed by atoms with Gasteiger partial charge in [-0.1, -0.05) is 0 Å². The number of carbonyl (C=O) groups excluding carboxylic acids is 1. The molecule has 3 aliphatic rings. The maximum Gasteiger partial charge on any atom is 0.414 e. The summed E-state index contributed by atoms with van der Waals surface area (Å²) in [4.78, 5) is 14.9. The fourth-order valence-corrected chi connectivity index (χ4v) is 2.87. The van der Waals surface area contributed by atoms with Crippen LogP contribution in [0.4, 0.5) is 20.6 Å². The topological polar surface area (TPSA) is 54.7 Å². The number of hydrogen-bond donors (Lipinski definition) is 1. The molecule has 3 heterocycles. The average molecular weight is 263 g/mol. The first kappa shape index (κ1) is 11.0. The molecule has 4 rings (SSSR count). The predicted octanol–water partition coefficient (Wildman–Crippen LogP) is 0.943. The van der Waals surface area contributed by atoms with Crippen molar-refractivity contribution in [3.63, 3.8) is 0 Å². The Balaban J connectivity index is 1.59. The number of halogens is 1. The second kappa shape index (κ2) is 3.84. The standard InChI is InChI=1S/C13H14FN3O2/c14-9-5-8(17-3-4-19-13(17)18)1-2-12(9)16-6-10-11(7-16)15-10/h1-2,5,10-11,15H,3-4,6-7H2/t10-,11?/m0/s1. The lowest BCUT2D eigenvalue weighted by Gasteiger charge is -2.22. The fourth-order valence-electron chi connectivity index (χ4n) is 2.87. The molecule has 1 aromatic carbocycles. The molecule has 0 spiro atoms. The molecule has 1 aromatic rings. The molecule has 1 unspecified atom stereocenters. The maximum absolute atomic E-state index is 14.2. The summed E-state index contributed by atoms with van der Waals surface area (Å²) in [5, 5.41) is 3.32. The van der Waals surface area contributed by atoms with Gasteiger partial charge in [0.15, 0.2) is 0 Å². The van der Waals surface area contributed by atoms with Gasteiger partial charge >= 0.3 is 6.09 Å². The number of nitrogens with one attached hydrogen (secondary N) is 1. The van der Waals surface area contributed by atoms with Crippen LogP contribution >= 0.6 is 0 Å². The summed E-state index contributed by atoms with van der Waals surface area (Å²) in [6, 6.07) is 5.99. The van der Waals surface area contributed by atoms with Crippen molar-refractivity contribution in [1.29, 1.82) is 0 Å². The summed E-state index contributed by atoms with van der Waals surface area (Å²) in [5.74, 6) is -0.279. The summed E-state index contributed by atoms with van der Waals surface area (Å²) in [6.07, 6.45) is -0.404. The summed E-state index contributed by atoms with van der Waals surface area (Å²) >= 11 is 0. The van der Waals surface area contributed by atoms with Gasteiger partial charge in [-0.15, -0.1) is 0 Å². The van der Waals surface area contributed by atoms with Crippen LogP contribution in [-0.4, -0.2) is 44.4 Å². The lowest BCUT2D eigenvalue weighted by Crippen LogP contribution is -2.28. The number of piperazine rings is 1. The third kappa shape index (κ3) is 1.74. The Bertz CT molecular complexity index is 541. The van der Waals surface area contributed by atoms with E-state index in [2.05, 4.69) is 5.32 Å². The highest BCUT2D eigenvalue weighted by Crippen LogP contribution is 2.31. The number of ether oxygens (including phenoxy) is 1. The minimum absolute atomic E-state index is 0.279. The third-order valence-electron chi connectivity index (χ3n) is 3.98. The molecule has 19 heavy (non-hydrogen) atoms. The van der Waals surface area contributed by atoms with Crippen LogP contribution in [0.15, 0.2) is 18.2 Å². The van der Waals surface area contributed by atoms with E-state index in [0.29, 0.717) is 36.6 Å². The molecule has 1 N–H and O–H groups in total. The van der Waals surface area contributed by atoms with Gasteiger partial charge in [-0.3, -0.25) is 4.90 Å². The Morgan fingerprint density at radius 2 is 2.11 bits per heavy atom. The molecule has 0 saturated carbocycles. The zero-order chi connectivity index (χ0) is 13.0. The largest absolute Gasteiger partial charge is 0.447 e. The van der Waals surface area contributed by atoms with Crippen molar-refractivity contribution < 1.29 is 13.9 Å². The number of rotatable bonds is 2. The smallest absolute Gasteiger partial charge is 0.414 e. The van der Waals surface area contributed by atoms with Crippen molar-refractivity contribution in [2.75, 3.05) is 36.0 Å². The van der Waals surface area contributed by atoms with Gasteiger partial charge in [-0.05, 0) is 18.2 Å². The third-order valence-corrected chi connectivity index (χ3v) is 3.98. The summed E-state index contributed by atoms with van der Waals surface area (Å²) in [6.45, 7) is 2.55. The molecule has 3 aliphatic heterocycles. The van der Waals surface area contributed by atoms with Crippen LogP contribution in [0.1, 0.15) is 0 Å². The van der Waals surface area contributed by atoms with Crippen LogP contribution in [0.5, 0.6) is 0 Å². The van der Waals surface area contributed by atoms with Crippen LogP contribution in [-0.2, 0) is 4.74 Å². The van der Waals surface area contributed by atoms with E-state index < -0.39 is 6.09 Å². The van der Waals surface area contributed by atoms with Gasteiger partial charge in [0.1, 0.15) is 12.4 Å². The van der Waals surface area contributed by atoms with Crippen LogP contribution < -0.4 is 15.1 Å². The van der Waals surface area contributed by atoms with E-state index in [1.165, 1.54) is 11.0 Å². The van der Waals surface area contributed by atoms with Crippen molar-refractivity contribution in [3.05, 3.63) is 24.0 Å². The normalized spacial score (nSPS) is 28.6. The van der Waals surface area contributed by atoms with Crippen molar-refractivity contribution in [3.8, 4) is 0 Å². The molecule has 0 radical (unpaired) electrons. The molecule has 0 aromatic heterocycles. The Kier molecular flexibility index (Phi) is 2.23. The first-order valence-electron chi connectivity index (χ1n) is 6.47. The van der Waals surface area contributed by atoms with Crippen molar-refractivity contribution in [2.45, 2.75) is 12.1 Å². The van der Waals surface area contributed by atoms with Crippen LogP contribution in [0.3, 0.4) is 0 Å². The molecule has 3 fully saturated rings. The van der Waals surface area contributed by atoms with Crippen LogP contribution in [0.25, 0.3) is 0 Å². The minimum atomic E-state index is -0.404. The number of hydrogen-bond acceptors (Lipinski definition) is 4. The molecule has 1 amide bonds. The van der Waals surface area contributed by atoms with Crippen molar-refractivity contribution >= 4 is 17.5 Å². The van der Waals surface area contributed by atoms with Gasteiger partial charge in [-0.2, -0.15) is 0 Å². The highest BCUT2D eigenvalue weighted by Gasteiger charge is 2.45. The maximum atomic E-state index is 14.2. The minimum Gasteiger partial charge on any atom is -0.447 e. The molecule has 0 aliphatic carbocycles. The van der Waals surface area contributed by atoms with E-state index >= 15 is 0 Å². The predicted molar refractivity (Wildman–Crippen MR) is 68.0 cm³/mol. The Morgan fingerprint density at radius 3 is 2.74 bits per heavy atom. The first-order valence-corrected chi connectivity index (χ1v) is 6.47. The van der Waals surface area contributed by atoms with E-state index in [1.807, 2.05) is 4.90 Å². The highest BCUT2D eigenvalue weighted by molar-refractivity contribution is 5.89. The van der Waals surface area contributed by atoms with E-state index in [4.69, 9.17) is 4.74 Å². The molecule has 0 bridgehead atoms. The number of nitrogens with zero attached hydrogens (tertiary/aromatic N) is 2.